The Balaban J connectivity index is 2.12. The van der Waals surface area contributed by atoms with Gasteiger partial charge in [-0.25, -0.2) is 8.42 Å². The number of ether oxygens (including phenoxy) is 1. The van der Waals surface area contributed by atoms with Gasteiger partial charge in [-0.2, -0.15) is 0 Å². The van der Waals surface area contributed by atoms with Crippen molar-refractivity contribution in [2.24, 2.45) is 5.73 Å². The van der Waals surface area contributed by atoms with E-state index < -0.39 is 9.84 Å². The zero-order chi connectivity index (χ0) is 15.3. The Morgan fingerprint density at radius 3 is 2.43 bits per heavy atom. The molecule has 5 heteroatoms. The van der Waals surface area contributed by atoms with E-state index in [0.29, 0.717) is 19.6 Å². The van der Waals surface area contributed by atoms with Gasteiger partial charge in [-0.3, -0.25) is 0 Å². The van der Waals surface area contributed by atoms with Crippen molar-refractivity contribution in [2.45, 2.75) is 37.1 Å². The third kappa shape index (κ3) is 4.28. The highest BCUT2D eigenvalue weighted by Crippen LogP contribution is 2.38. The molecule has 118 valence electrons. The van der Waals surface area contributed by atoms with Crippen LogP contribution in [0.5, 0.6) is 0 Å². The van der Waals surface area contributed by atoms with Gasteiger partial charge in [-0.1, -0.05) is 30.3 Å². The highest BCUT2D eigenvalue weighted by Gasteiger charge is 2.39. The summed E-state index contributed by atoms with van der Waals surface area (Å²) in [6.45, 7) is 1.43. The van der Waals surface area contributed by atoms with Crippen LogP contribution in [-0.4, -0.2) is 39.7 Å². The fourth-order valence-electron chi connectivity index (χ4n) is 3.22. The van der Waals surface area contributed by atoms with E-state index in [0.717, 1.165) is 19.3 Å². The van der Waals surface area contributed by atoms with Crippen molar-refractivity contribution in [3.63, 3.8) is 0 Å². The van der Waals surface area contributed by atoms with E-state index in [1.54, 1.807) is 0 Å². The standard InChI is InChI=1S/C16H25NO3S/c1-21(18,19)13-5-8-15(17)16(9-11-20-12-10-16)14-6-3-2-4-7-14/h2-4,6-7,15H,5,8-13,17H2,1H3. The molecule has 0 aliphatic carbocycles. The number of benzene rings is 1. The molecule has 1 aliphatic rings. The summed E-state index contributed by atoms with van der Waals surface area (Å²) in [6, 6.07) is 10.3. The molecule has 21 heavy (non-hydrogen) atoms. The minimum atomic E-state index is -2.92. The zero-order valence-electron chi connectivity index (χ0n) is 12.6. The quantitative estimate of drug-likeness (QED) is 0.871. The van der Waals surface area contributed by atoms with Gasteiger partial charge >= 0.3 is 0 Å². The van der Waals surface area contributed by atoms with Crippen LogP contribution in [0, 0.1) is 0 Å². The van der Waals surface area contributed by atoms with Gasteiger partial charge in [-0.05, 0) is 31.2 Å². The fourth-order valence-corrected chi connectivity index (χ4v) is 3.91. The minimum absolute atomic E-state index is 0.0365. The summed E-state index contributed by atoms with van der Waals surface area (Å²) in [7, 11) is -2.92. The zero-order valence-corrected chi connectivity index (χ0v) is 13.4. The van der Waals surface area contributed by atoms with Crippen LogP contribution < -0.4 is 5.73 Å². The maximum absolute atomic E-state index is 11.3. The van der Waals surface area contributed by atoms with Crippen LogP contribution in [0.4, 0.5) is 0 Å². The smallest absolute Gasteiger partial charge is 0.147 e. The maximum atomic E-state index is 11.3. The first-order valence-corrected chi connectivity index (χ1v) is 9.57. The lowest BCUT2D eigenvalue weighted by molar-refractivity contribution is 0.0388. The van der Waals surface area contributed by atoms with Gasteiger partial charge in [0.15, 0.2) is 0 Å². The highest BCUT2D eigenvalue weighted by atomic mass is 32.2. The Hall–Kier alpha value is -0.910. The second-order valence-corrected chi connectivity index (χ2v) is 8.27. The van der Waals surface area contributed by atoms with Crippen LogP contribution >= 0.6 is 0 Å². The third-order valence-electron chi connectivity index (χ3n) is 4.47. The van der Waals surface area contributed by atoms with Gasteiger partial charge in [0.25, 0.3) is 0 Å². The van der Waals surface area contributed by atoms with Crippen molar-refractivity contribution in [3.8, 4) is 0 Å². The first kappa shape index (κ1) is 16.5. The van der Waals surface area contributed by atoms with Crippen LogP contribution in [0.25, 0.3) is 0 Å². The van der Waals surface area contributed by atoms with Crippen LogP contribution in [0.3, 0.4) is 0 Å². The molecule has 2 N–H and O–H groups in total. The molecule has 1 heterocycles. The number of nitrogens with two attached hydrogens (primary N) is 1. The predicted octanol–water partition coefficient (Wildman–Crippen LogP) is 1.89. The average molecular weight is 311 g/mol. The molecule has 0 aromatic heterocycles. The summed E-state index contributed by atoms with van der Waals surface area (Å²) in [4.78, 5) is 0. The summed E-state index contributed by atoms with van der Waals surface area (Å²) in [5, 5.41) is 0. The molecule has 1 saturated heterocycles. The van der Waals surface area contributed by atoms with Crippen LogP contribution in [0.1, 0.15) is 31.2 Å². The molecule has 1 aromatic carbocycles. The van der Waals surface area contributed by atoms with Crippen LogP contribution in [0.15, 0.2) is 30.3 Å². The van der Waals surface area contributed by atoms with Crippen LogP contribution in [0.2, 0.25) is 0 Å². The first-order chi connectivity index (χ1) is 9.94. The van der Waals surface area contributed by atoms with E-state index in [1.807, 2.05) is 18.2 Å². The first-order valence-electron chi connectivity index (χ1n) is 7.51. The summed E-state index contributed by atoms with van der Waals surface area (Å²) in [5.41, 5.74) is 7.66. The van der Waals surface area contributed by atoms with Gasteiger partial charge in [0, 0.05) is 36.7 Å². The Morgan fingerprint density at radius 2 is 1.86 bits per heavy atom. The second kappa shape index (κ2) is 6.90. The number of sulfone groups is 1. The average Bonchev–Trinajstić information content (AvgIpc) is 2.47. The molecule has 0 bridgehead atoms. The SMILES string of the molecule is CS(=O)(=O)CCCC(N)C1(c2ccccc2)CCOCC1. The summed E-state index contributed by atoms with van der Waals surface area (Å²) >= 11 is 0. The molecule has 0 saturated carbocycles. The van der Waals surface area contributed by atoms with Gasteiger partial charge in [0.2, 0.25) is 0 Å². The van der Waals surface area contributed by atoms with E-state index in [1.165, 1.54) is 11.8 Å². The molecular weight excluding hydrogens is 286 g/mol. The van der Waals surface area contributed by atoms with Gasteiger partial charge in [0.1, 0.15) is 9.84 Å². The largest absolute Gasteiger partial charge is 0.381 e. The van der Waals surface area contributed by atoms with E-state index in [4.69, 9.17) is 10.5 Å². The van der Waals surface area contributed by atoms with Gasteiger partial charge < -0.3 is 10.5 Å². The number of rotatable bonds is 6. The highest BCUT2D eigenvalue weighted by molar-refractivity contribution is 7.90. The van der Waals surface area contributed by atoms with E-state index in [-0.39, 0.29) is 17.2 Å². The third-order valence-corrected chi connectivity index (χ3v) is 5.50. The Kier molecular flexibility index (Phi) is 5.41. The molecule has 0 amide bonds. The van der Waals surface area contributed by atoms with Gasteiger partial charge in [0.05, 0.1) is 0 Å². The van der Waals surface area contributed by atoms with Crippen molar-refractivity contribution >= 4 is 9.84 Å². The Labute approximate surface area is 127 Å². The lowest BCUT2D eigenvalue weighted by Gasteiger charge is -2.42. The molecule has 1 atom stereocenters. The van der Waals surface area contributed by atoms with E-state index in [2.05, 4.69) is 12.1 Å². The van der Waals surface area contributed by atoms with Crippen molar-refractivity contribution in [3.05, 3.63) is 35.9 Å². The molecule has 1 aromatic rings. The van der Waals surface area contributed by atoms with Gasteiger partial charge in [-0.15, -0.1) is 0 Å². The minimum Gasteiger partial charge on any atom is -0.381 e. The normalized spacial score (nSPS) is 20.1. The van der Waals surface area contributed by atoms with Crippen molar-refractivity contribution in [1.82, 2.24) is 0 Å². The molecule has 0 spiro atoms. The molecule has 1 unspecified atom stereocenters. The molecule has 0 radical (unpaired) electrons. The van der Waals surface area contributed by atoms with Crippen molar-refractivity contribution < 1.29 is 13.2 Å². The number of hydrogen-bond acceptors (Lipinski definition) is 4. The van der Waals surface area contributed by atoms with E-state index in [9.17, 15) is 8.42 Å². The summed E-state index contributed by atoms with van der Waals surface area (Å²) < 4.78 is 28.1. The monoisotopic (exact) mass is 311 g/mol. The molecule has 2 rings (SSSR count). The lowest BCUT2D eigenvalue weighted by atomic mass is 9.68. The summed E-state index contributed by atoms with van der Waals surface area (Å²) in [5.74, 6) is 0.210. The lowest BCUT2D eigenvalue weighted by Crippen LogP contribution is -2.49. The maximum Gasteiger partial charge on any atom is 0.147 e. The fraction of sp³-hybridized carbons (Fsp3) is 0.625. The van der Waals surface area contributed by atoms with Crippen molar-refractivity contribution in [2.75, 3.05) is 25.2 Å². The second-order valence-electron chi connectivity index (χ2n) is 6.01. The Morgan fingerprint density at radius 1 is 1.24 bits per heavy atom. The van der Waals surface area contributed by atoms with Crippen LogP contribution in [-0.2, 0) is 20.0 Å². The number of hydrogen-bond donors (Lipinski definition) is 1. The topological polar surface area (TPSA) is 69.4 Å². The Bertz CT molecular complexity index is 536. The molecule has 4 nitrogen and oxygen atoms in total. The van der Waals surface area contributed by atoms with E-state index >= 15 is 0 Å². The van der Waals surface area contributed by atoms with Crippen molar-refractivity contribution in [1.29, 1.82) is 0 Å². The molecular formula is C16H25NO3S. The summed E-state index contributed by atoms with van der Waals surface area (Å²) in [6.07, 6.45) is 4.42. The predicted molar refractivity (Wildman–Crippen MR) is 85.1 cm³/mol. The molecule has 1 aliphatic heterocycles. The molecule has 1 fully saturated rings.